The maximum absolute atomic E-state index is 11.1. The third kappa shape index (κ3) is 6.85. The van der Waals surface area contributed by atoms with Crippen molar-refractivity contribution in [2.24, 2.45) is 0 Å². The monoisotopic (exact) mass is 688 g/mol. The molecule has 1 fully saturated rings. The van der Waals surface area contributed by atoms with Crippen molar-refractivity contribution in [2.45, 2.75) is 58.8 Å². The molecule has 52 heavy (non-hydrogen) atoms. The number of unbranched alkanes of at least 4 members (excludes halogenated alkanes) is 1. The summed E-state index contributed by atoms with van der Waals surface area (Å²) in [6.45, 7) is 9.81. The fourth-order valence-electron chi connectivity index (χ4n) is 8.34. The highest BCUT2D eigenvalue weighted by molar-refractivity contribution is 5.96. The molecule has 0 radical (unpaired) electrons. The van der Waals surface area contributed by atoms with Crippen molar-refractivity contribution in [1.82, 2.24) is 19.9 Å². The number of H-pyrrole nitrogens is 1. The van der Waals surface area contributed by atoms with E-state index in [0.717, 1.165) is 68.1 Å². The second kappa shape index (κ2) is 14.8. The summed E-state index contributed by atoms with van der Waals surface area (Å²) in [6.07, 6.45) is 14.3. The molecule has 264 valence electrons. The molecule has 1 aliphatic heterocycles. The number of rotatable bonds is 6. The van der Waals surface area contributed by atoms with Gasteiger partial charge in [-0.2, -0.15) is 0 Å². The van der Waals surface area contributed by atoms with Gasteiger partial charge >= 0.3 is 0 Å². The number of benzene rings is 4. The van der Waals surface area contributed by atoms with Crippen molar-refractivity contribution in [3.8, 4) is 0 Å². The predicted molar refractivity (Wildman–Crippen MR) is 217 cm³/mol. The van der Waals surface area contributed by atoms with Crippen molar-refractivity contribution in [3.63, 3.8) is 0 Å². The summed E-state index contributed by atoms with van der Waals surface area (Å²) in [7, 11) is 0. The minimum Gasteiger partial charge on any atom is -0.398 e. The number of allylic oxidation sites excluding steroid dienone is 4. The van der Waals surface area contributed by atoms with Crippen LogP contribution in [0.2, 0.25) is 0 Å². The lowest BCUT2D eigenvalue weighted by atomic mass is 9.79. The number of aromatic amines is 1. The zero-order valence-corrected chi connectivity index (χ0v) is 30.4. The van der Waals surface area contributed by atoms with Crippen LogP contribution in [-0.2, 0) is 12.8 Å². The third-order valence-corrected chi connectivity index (χ3v) is 11.3. The van der Waals surface area contributed by atoms with Gasteiger partial charge in [-0.25, -0.2) is 9.97 Å². The minimum absolute atomic E-state index is 0.0874. The van der Waals surface area contributed by atoms with Crippen molar-refractivity contribution in [3.05, 3.63) is 135 Å². The van der Waals surface area contributed by atoms with Crippen LogP contribution in [0.25, 0.3) is 38.2 Å². The largest absolute Gasteiger partial charge is 0.398 e. The van der Waals surface area contributed by atoms with Crippen molar-refractivity contribution < 1.29 is 0 Å². The number of hydrogen-bond donors (Lipinski definition) is 2. The molecule has 6 aromatic rings. The molecule has 3 N–H and O–H groups in total. The standard InChI is InChI=1S/C37H42N4.C8H6N2O/c1-25-8-7-12-30-26(2)22-36(39-37(25)30)41-20-18-40(19-21-41)17-6-5-10-29-23-28-14-16-32-31-11-4-3-9-27(31)13-15-33(32)34(28)24-35(29)38;11-8-6-3-1-2-4-7(6)9-5-10-8/h4,7-8,11-12,14,16,22-24H,3,5-6,9-10,13,15,17-21,38H2,1-2H3;1-5H,(H,9,10,11). The van der Waals surface area contributed by atoms with Gasteiger partial charge in [0.25, 0.3) is 5.56 Å². The summed E-state index contributed by atoms with van der Waals surface area (Å²) in [5, 5.41) is 4.61. The maximum atomic E-state index is 11.1. The van der Waals surface area contributed by atoms with Gasteiger partial charge in [0.15, 0.2) is 0 Å². The Hall–Kier alpha value is -5.27. The highest BCUT2D eigenvalue weighted by Crippen LogP contribution is 2.40. The number of aromatic nitrogens is 3. The molecule has 0 atom stereocenters. The Morgan fingerprint density at radius 2 is 1.67 bits per heavy atom. The topological polar surface area (TPSA) is 91.1 Å². The van der Waals surface area contributed by atoms with Crippen LogP contribution in [0, 0.1) is 13.8 Å². The van der Waals surface area contributed by atoms with E-state index in [1.807, 2.05) is 18.2 Å². The Labute approximate surface area is 305 Å². The second-order valence-electron chi connectivity index (χ2n) is 14.6. The fourth-order valence-corrected chi connectivity index (χ4v) is 8.34. The molecule has 3 heterocycles. The molecule has 3 aliphatic rings. The molecule has 0 amide bonds. The zero-order chi connectivity index (χ0) is 35.6. The summed E-state index contributed by atoms with van der Waals surface area (Å²) < 4.78 is 0. The van der Waals surface area contributed by atoms with E-state index in [9.17, 15) is 4.79 Å². The lowest BCUT2D eigenvalue weighted by Gasteiger charge is -2.35. The number of nitrogens with one attached hydrogen (secondary N) is 1. The van der Waals surface area contributed by atoms with Crippen molar-refractivity contribution in [1.29, 1.82) is 0 Å². The molecular weight excluding hydrogens is 641 g/mol. The Morgan fingerprint density at radius 3 is 2.54 bits per heavy atom. The van der Waals surface area contributed by atoms with Crippen LogP contribution in [-0.4, -0.2) is 52.6 Å². The third-order valence-electron chi connectivity index (χ3n) is 11.3. The lowest BCUT2D eigenvalue weighted by Crippen LogP contribution is -2.47. The summed E-state index contributed by atoms with van der Waals surface area (Å²) in [6, 6.07) is 25.3. The Balaban J connectivity index is 0.000000299. The fraction of sp³-hybridized carbons (Fsp3) is 0.311. The van der Waals surface area contributed by atoms with E-state index in [4.69, 9.17) is 10.7 Å². The van der Waals surface area contributed by atoms with Crippen LogP contribution in [0.1, 0.15) is 59.9 Å². The van der Waals surface area contributed by atoms with Gasteiger partial charge in [-0.3, -0.25) is 9.69 Å². The molecule has 1 saturated heterocycles. The normalized spacial score (nSPS) is 15.8. The summed E-state index contributed by atoms with van der Waals surface area (Å²) in [4.78, 5) is 27.7. The quantitative estimate of drug-likeness (QED) is 0.134. The summed E-state index contributed by atoms with van der Waals surface area (Å²) in [5.41, 5.74) is 19.3. The number of nitrogens with zero attached hydrogens (tertiary/aromatic N) is 4. The lowest BCUT2D eigenvalue weighted by molar-refractivity contribution is 0.252. The molecular formula is C45H48N6O. The van der Waals surface area contributed by atoms with Gasteiger partial charge in [-0.1, -0.05) is 60.2 Å². The molecule has 0 unspecified atom stereocenters. The van der Waals surface area contributed by atoms with Gasteiger partial charge in [0, 0.05) is 37.3 Å². The summed E-state index contributed by atoms with van der Waals surface area (Å²) in [5.74, 6) is 1.13. The highest BCUT2D eigenvalue weighted by Gasteiger charge is 2.22. The number of aryl methyl sites for hydroxylation is 4. The van der Waals surface area contributed by atoms with Gasteiger partial charge in [0.05, 0.1) is 22.7 Å². The first-order valence-corrected chi connectivity index (χ1v) is 18.9. The van der Waals surface area contributed by atoms with Crippen molar-refractivity contribution in [2.75, 3.05) is 43.4 Å². The van der Waals surface area contributed by atoms with E-state index < -0.39 is 0 Å². The Bertz CT molecular complexity index is 2390. The van der Waals surface area contributed by atoms with E-state index >= 15 is 0 Å². The second-order valence-corrected chi connectivity index (χ2v) is 14.6. The highest BCUT2D eigenvalue weighted by atomic mass is 16.1. The number of anilines is 2. The smallest absolute Gasteiger partial charge is 0.258 e. The van der Waals surface area contributed by atoms with Gasteiger partial charge in [-0.05, 0) is 140 Å². The first-order valence-electron chi connectivity index (χ1n) is 18.9. The molecule has 2 aliphatic carbocycles. The number of para-hydroxylation sites is 2. The van der Waals surface area contributed by atoms with Crippen molar-refractivity contribution >= 4 is 49.7 Å². The van der Waals surface area contributed by atoms with Gasteiger partial charge < -0.3 is 15.6 Å². The molecule has 4 aromatic carbocycles. The van der Waals surface area contributed by atoms with Gasteiger partial charge in [-0.15, -0.1) is 0 Å². The van der Waals surface area contributed by atoms with Crippen LogP contribution in [0.4, 0.5) is 11.5 Å². The minimum atomic E-state index is -0.0874. The number of fused-ring (bicyclic) bond motifs is 6. The van der Waals surface area contributed by atoms with Crippen LogP contribution in [0.5, 0.6) is 0 Å². The van der Waals surface area contributed by atoms with E-state index in [1.165, 1.54) is 88.0 Å². The molecule has 0 saturated carbocycles. The first kappa shape index (κ1) is 33.9. The summed E-state index contributed by atoms with van der Waals surface area (Å²) >= 11 is 0. The van der Waals surface area contributed by atoms with Crippen LogP contribution in [0.15, 0.2) is 102 Å². The average molecular weight is 689 g/mol. The predicted octanol–water partition coefficient (Wildman–Crippen LogP) is 8.70. The van der Waals surface area contributed by atoms with E-state index in [-0.39, 0.29) is 5.56 Å². The Kier molecular flexibility index (Phi) is 9.61. The van der Waals surface area contributed by atoms with E-state index in [1.54, 1.807) is 11.6 Å². The van der Waals surface area contributed by atoms with Gasteiger partial charge in [0.2, 0.25) is 0 Å². The molecule has 2 aromatic heterocycles. The van der Waals surface area contributed by atoms with Gasteiger partial charge in [0.1, 0.15) is 5.82 Å². The number of pyridine rings is 1. The average Bonchev–Trinajstić information content (AvgIpc) is 3.17. The zero-order valence-electron chi connectivity index (χ0n) is 30.4. The van der Waals surface area contributed by atoms with Crippen LogP contribution < -0.4 is 16.2 Å². The number of piperazine rings is 1. The SMILES string of the molecule is Cc1cc(N2CCN(CCCCc3cc4ccc5c(c4cc3N)CCC3=C5C=CCC3)CC2)nc2c(C)cccc12.O=c1[nH]cnc2ccccc12. The first-order chi connectivity index (χ1) is 25.4. The van der Waals surface area contributed by atoms with Crippen LogP contribution >= 0.6 is 0 Å². The number of nitrogen functional groups attached to an aromatic ring is 1. The van der Waals surface area contributed by atoms with E-state index in [2.05, 4.69) is 94.3 Å². The number of nitrogens with two attached hydrogens (primary N) is 1. The number of hydrogen-bond acceptors (Lipinski definition) is 6. The molecule has 9 rings (SSSR count). The molecule has 0 spiro atoms. The molecule has 7 heteroatoms. The maximum Gasteiger partial charge on any atom is 0.258 e. The van der Waals surface area contributed by atoms with E-state index in [0.29, 0.717) is 5.39 Å². The molecule has 7 nitrogen and oxygen atoms in total. The Morgan fingerprint density at radius 1 is 0.827 bits per heavy atom. The van der Waals surface area contributed by atoms with Crippen LogP contribution in [0.3, 0.4) is 0 Å². The molecule has 0 bridgehead atoms.